The number of aromatic nitrogens is 2. The lowest BCUT2D eigenvalue weighted by molar-refractivity contribution is 0.102. The summed E-state index contributed by atoms with van der Waals surface area (Å²) in [5, 5.41) is 11.8. The zero-order chi connectivity index (χ0) is 14.7. The van der Waals surface area contributed by atoms with E-state index < -0.39 is 0 Å². The third kappa shape index (κ3) is 3.80. The smallest absolute Gasteiger partial charge is 0.257 e. The lowest BCUT2D eigenvalue weighted by Crippen LogP contribution is -2.13. The van der Waals surface area contributed by atoms with Crippen molar-refractivity contribution in [1.29, 1.82) is 0 Å². The highest BCUT2D eigenvalue weighted by molar-refractivity contribution is 8.01. The summed E-state index contributed by atoms with van der Waals surface area (Å²) in [6.45, 7) is 8.14. The molecule has 2 rings (SSSR count). The number of hydrogen-bond donors (Lipinski definition) is 1. The predicted molar refractivity (Wildman–Crippen MR) is 84.8 cm³/mol. The van der Waals surface area contributed by atoms with E-state index in [9.17, 15) is 4.79 Å². The molecule has 1 aromatic heterocycles. The monoisotopic (exact) mass is 307 g/mol. The lowest BCUT2D eigenvalue weighted by atomic mass is 10.1. The van der Waals surface area contributed by atoms with Gasteiger partial charge in [0.2, 0.25) is 5.13 Å². The highest BCUT2D eigenvalue weighted by atomic mass is 32.2. The zero-order valence-electron chi connectivity index (χ0n) is 11.9. The molecule has 0 bridgehead atoms. The standard InChI is InChI=1S/C14H17N3OS2/c1-8(2)19-14-17-16-13(20-14)15-12(18)11-6-5-9(3)7-10(11)4/h5-8H,1-4H3,(H,15,16,18). The fourth-order valence-electron chi connectivity index (χ4n) is 1.74. The van der Waals surface area contributed by atoms with Crippen molar-refractivity contribution in [3.63, 3.8) is 0 Å². The highest BCUT2D eigenvalue weighted by Crippen LogP contribution is 2.28. The molecule has 0 aliphatic carbocycles. The van der Waals surface area contributed by atoms with Gasteiger partial charge in [0.05, 0.1) is 0 Å². The van der Waals surface area contributed by atoms with E-state index in [1.165, 1.54) is 11.3 Å². The Hall–Kier alpha value is -1.40. The molecule has 0 saturated carbocycles. The molecule has 4 nitrogen and oxygen atoms in total. The Morgan fingerprint density at radius 2 is 2.05 bits per heavy atom. The van der Waals surface area contributed by atoms with Crippen LogP contribution in [0.3, 0.4) is 0 Å². The fourth-order valence-corrected chi connectivity index (χ4v) is 3.71. The van der Waals surface area contributed by atoms with E-state index in [-0.39, 0.29) is 5.91 Å². The van der Waals surface area contributed by atoms with Crippen LogP contribution in [0, 0.1) is 13.8 Å². The van der Waals surface area contributed by atoms with Crippen LogP contribution in [0.5, 0.6) is 0 Å². The van der Waals surface area contributed by atoms with Gasteiger partial charge in [-0.2, -0.15) is 0 Å². The summed E-state index contributed by atoms with van der Waals surface area (Å²) >= 11 is 3.04. The first kappa shape index (κ1) is 15.0. The van der Waals surface area contributed by atoms with Crippen molar-refractivity contribution < 1.29 is 4.79 Å². The van der Waals surface area contributed by atoms with Crippen molar-refractivity contribution in [3.05, 3.63) is 34.9 Å². The fraction of sp³-hybridized carbons (Fsp3) is 0.357. The number of rotatable bonds is 4. The third-order valence-corrected chi connectivity index (χ3v) is 4.52. The van der Waals surface area contributed by atoms with Crippen LogP contribution < -0.4 is 5.32 Å². The van der Waals surface area contributed by atoms with Crippen LogP contribution in [0.15, 0.2) is 22.5 Å². The molecule has 0 radical (unpaired) electrons. The topological polar surface area (TPSA) is 54.9 Å². The molecule has 0 unspecified atom stereocenters. The summed E-state index contributed by atoms with van der Waals surface area (Å²) in [5.41, 5.74) is 2.78. The van der Waals surface area contributed by atoms with Crippen LogP contribution in [0.1, 0.15) is 35.3 Å². The molecule has 0 atom stereocenters. The van der Waals surface area contributed by atoms with Gasteiger partial charge in [-0.25, -0.2) is 0 Å². The normalized spacial score (nSPS) is 10.8. The Labute approximate surface area is 127 Å². The van der Waals surface area contributed by atoms with E-state index in [1.807, 2.05) is 32.0 Å². The Morgan fingerprint density at radius 3 is 2.70 bits per heavy atom. The minimum atomic E-state index is -0.139. The first-order valence-corrected chi connectivity index (χ1v) is 8.04. The van der Waals surface area contributed by atoms with Gasteiger partial charge in [0.1, 0.15) is 0 Å². The highest BCUT2D eigenvalue weighted by Gasteiger charge is 2.13. The van der Waals surface area contributed by atoms with Gasteiger partial charge < -0.3 is 0 Å². The van der Waals surface area contributed by atoms with Gasteiger partial charge in [-0.05, 0) is 25.5 Å². The van der Waals surface area contributed by atoms with Crippen molar-refractivity contribution in [3.8, 4) is 0 Å². The van der Waals surface area contributed by atoms with Gasteiger partial charge in [-0.1, -0.05) is 54.6 Å². The van der Waals surface area contributed by atoms with Gasteiger partial charge in [0, 0.05) is 10.8 Å². The largest absolute Gasteiger partial charge is 0.296 e. The predicted octanol–water partition coefficient (Wildman–Crippen LogP) is 3.91. The van der Waals surface area contributed by atoms with Crippen LogP contribution in [-0.4, -0.2) is 21.4 Å². The first-order chi connectivity index (χ1) is 9.45. The summed E-state index contributed by atoms with van der Waals surface area (Å²) < 4.78 is 0.871. The summed E-state index contributed by atoms with van der Waals surface area (Å²) in [5.74, 6) is -0.139. The minimum Gasteiger partial charge on any atom is -0.296 e. The van der Waals surface area contributed by atoms with E-state index >= 15 is 0 Å². The molecule has 6 heteroatoms. The summed E-state index contributed by atoms with van der Waals surface area (Å²) in [7, 11) is 0. The van der Waals surface area contributed by atoms with E-state index in [2.05, 4.69) is 29.4 Å². The van der Waals surface area contributed by atoms with Gasteiger partial charge in [-0.3, -0.25) is 10.1 Å². The number of anilines is 1. The molecule has 1 aromatic carbocycles. The summed E-state index contributed by atoms with van der Waals surface area (Å²) in [6, 6.07) is 5.77. The molecule has 0 fully saturated rings. The second kappa shape index (κ2) is 6.37. The zero-order valence-corrected chi connectivity index (χ0v) is 13.6. The number of benzene rings is 1. The Balaban J connectivity index is 2.09. The van der Waals surface area contributed by atoms with Gasteiger partial charge in [0.15, 0.2) is 4.34 Å². The number of carbonyl (C=O) groups is 1. The van der Waals surface area contributed by atoms with Crippen LogP contribution in [0.4, 0.5) is 5.13 Å². The van der Waals surface area contributed by atoms with Crippen LogP contribution >= 0.6 is 23.1 Å². The van der Waals surface area contributed by atoms with E-state index in [1.54, 1.807) is 11.8 Å². The van der Waals surface area contributed by atoms with E-state index in [0.717, 1.165) is 15.5 Å². The number of thioether (sulfide) groups is 1. The van der Waals surface area contributed by atoms with Crippen molar-refractivity contribution >= 4 is 34.1 Å². The maximum atomic E-state index is 12.2. The van der Waals surface area contributed by atoms with Gasteiger partial charge in [0.25, 0.3) is 5.91 Å². The summed E-state index contributed by atoms with van der Waals surface area (Å²) in [4.78, 5) is 12.2. The van der Waals surface area contributed by atoms with Crippen molar-refractivity contribution in [2.75, 3.05) is 5.32 Å². The van der Waals surface area contributed by atoms with Gasteiger partial charge >= 0.3 is 0 Å². The molecule has 1 heterocycles. The number of hydrogen-bond acceptors (Lipinski definition) is 5. The number of nitrogens with zero attached hydrogens (tertiary/aromatic N) is 2. The number of amides is 1. The molecule has 2 aromatic rings. The average Bonchev–Trinajstić information content (AvgIpc) is 2.75. The molecule has 1 N–H and O–H groups in total. The first-order valence-electron chi connectivity index (χ1n) is 6.34. The van der Waals surface area contributed by atoms with Crippen LogP contribution in [-0.2, 0) is 0 Å². The second-order valence-corrected chi connectivity index (χ2v) is 7.61. The Morgan fingerprint density at radius 1 is 1.30 bits per heavy atom. The van der Waals surface area contributed by atoms with Crippen molar-refractivity contribution in [2.45, 2.75) is 37.3 Å². The molecule has 0 spiro atoms. The van der Waals surface area contributed by atoms with Crippen molar-refractivity contribution in [1.82, 2.24) is 10.2 Å². The molecule has 106 valence electrons. The third-order valence-electron chi connectivity index (χ3n) is 2.59. The van der Waals surface area contributed by atoms with Crippen LogP contribution in [0.2, 0.25) is 0 Å². The number of carbonyl (C=O) groups excluding carboxylic acids is 1. The molecule has 0 aliphatic heterocycles. The SMILES string of the molecule is Cc1ccc(C(=O)Nc2nnc(SC(C)C)s2)c(C)c1. The minimum absolute atomic E-state index is 0.139. The number of nitrogens with one attached hydrogen (secondary N) is 1. The molecule has 1 amide bonds. The molecular formula is C14H17N3OS2. The second-order valence-electron chi connectivity index (χ2n) is 4.81. The molecule has 0 aliphatic rings. The van der Waals surface area contributed by atoms with Crippen molar-refractivity contribution in [2.24, 2.45) is 0 Å². The molecule has 20 heavy (non-hydrogen) atoms. The summed E-state index contributed by atoms with van der Waals surface area (Å²) in [6.07, 6.45) is 0. The van der Waals surface area contributed by atoms with E-state index in [0.29, 0.717) is 15.9 Å². The van der Waals surface area contributed by atoms with Gasteiger partial charge in [-0.15, -0.1) is 10.2 Å². The number of aryl methyl sites for hydroxylation is 2. The Bertz CT molecular complexity index is 623. The maximum absolute atomic E-state index is 12.2. The quantitative estimate of drug-likeness (QED) is 0.687. The Kier molecular flexibility index (Phi) is 4.77. The van der Waals surface area contributed by atoms with Crippen LogP contribution in [0.25, 0.3) is 0 Å². The lowest BCUT2D eigenvalue weighted by Gasteiger charge is -2.05. The van der Waals surface area contributed by atoms with E-state index in [4.69, 9.17) is 0 Å². The maximum Gasteiger partial charge on any atom is 0.257 e. The average molecular weight is 307 g/mol. The molecule has 0 saturated heterocycles. The molecular weight excluding hydrogens is 290 g/mol.